The fourth-order valence-corrected chi connectivity index (χ4v) is 2.81. The normalized spacial score (nSPS) is 16.5. The fraction of sp³-hybridized carbons (Fsp3) is 0.429. The average molecular weight is 315 g/mol. The third kappa shape index (κ3) is 3.87. The highest BCUT2D eigenvalue weighted by Gasteiger charge is 2.20. The van der Waals surface area contributed by atoms with Gasteiger partial charge in [-0.05, 0) is 25.0 Å². The number of benzene rings is 1. The minimum Gasteiger partial charge on any atom is -0.506 e. The number of phenols is 1. The summed E-state index contributed by atoms with van der Waals surface area (Å²) in [4.78, 5) is 11.9. The van der Waals surface area contributed by atoms with Gasteiger partial charge in [0.2, 0.25) is 5.91 Å². The van der Waals surface area contributed by atoms with E-state index in [1.807, 2.05) is 0 Å². The van der Waals surface area contributed by atoms with Crippen molar-refractivity contribution in [2.75, 3.05) is 0 Å². The molecule has 0 spiro atoms. The molecule has 6 heteroatoms. The minimum atomic E-state index is -0.105. The maximum atomic E-state index is 11.9. The third-order valence-corrected chi connectivity index (χ3v) is 3.92. The van der Waals surface area contributed by atoms with Gasteiger partial charge in [0.1, 0.15) is 5.75 Å². The van der Waals surface area contributed by atoms with Gasteiger partial charge < -0.3 is 5.11 Å². The van der Waals surface area contributed by atoms with Crippen LogP contribution in [0.25, 0.3) is 0 Å². The van der Waals surface area contributed by atoms with Crippen molar-refractivity contribution in [2.45, 2.75) is 32.1 Å². The van der Waals surface area contributed by atoms with Crippen LogP contribution >= 0.6 is 23.2 Å². The Morgan fingerprint density at radius 2 is 2.00 bits per heavy atom. The quantitative estimate of drug-likeness (QED) is 0.659. The lowest BCUT2D eigenvalue weighted by Gasteiger charge is -2.19. The van der Waals surface area contributed by atoms with Crippen molar-refractivity contribution in [3.63, 3.8) is 0 Å². The summed E-state index contributed by atoms with van der Waals surface area (Å²) in [5, 5.41) is 14.1. The number of carbonyl (C=O) groups is 1. The highest BCUT2D eigenvalue weighted by atomic mass is 35.5. The first-order valence-corrected chi connectivity index (χ1v) is 7.34. The van der Waals surface area contributed by atoms with Gasteiger partial charge in [-0.25, -0.2) is 5.43 Å². The van der Waals surface area contributed by atoms with Gasteiger partial charge in [-0.15, -0.1) is 0 Å². The average Bonchev–Trinajstić information content (AvgIpc) is 2.44. The minimum absolute atomic E-state index is 0.0393. The Bertz CT molecular complexity index is 526. The smallest absolute Gasteiger partial charge is 0.243 e. The summed E-state index contributed by atoms with van der Waals surface area (Å²) < 4.78 is 0. The van der Waals surface area contributed by atoms with Crippen molar-refractivity contribution in [3.05, 3.63) is 27.7 Å². The van der Waals surface area contributed by atoms with Crippen LogP contribution < -0.4 is 5.43 Å². The predicted molar refractivity (Wildman–Crippen MR) is 80.4 cm³/mol. The van der Waals surface area contributed by atoms with E-state index in [1.165, 1.54) is 24.8 Å². The van der Waals surface area contributed by atoms with Crippen molar-refractivity contribution in [2.24, 2.45) is 11.0 Å². The molecule has 0 bridgehead atoms. The van der Waals surface area contributed by atoms with Gasteiger partial charge in [-0.1, -0.05) is 42.5 Å². The van der Waals surface area contributed by atoms with Crippen LogP contribution in [0, 0.1) is 5.92 Å². The molecule has 20 heavy (non-hydrogen) atoms. The van der Waals surface area contributed by atoms with Crippen LogP contribution in [0.15, 0.2) is 17.2 Å². The number of aromatic hydroxyl groups is 1. The molecule has 0 radical (unpaired) electrons. The van der Waals surface area contributed by atoms with Gasteiger partial charge >= 0.3 is 0 Å². The number of rotatable bonds is 3. The number of amides is 1. The number of hydrazone groups is 1. The van der Waals surface area contributed by atoms with Crippen molar-refractivity contribution in [1.82, 2.24) is 5.43 Å². The van der Waals surface area contributed by atoms with Crippen molar-refractivity contribution in [3.8, 4) is 5.75 Å². The first kappa shape index (κ1) is 15.1. The summed E-state index contributed by atoms with van der Waals surface area (Å²) in [6.45, 7) is 0. The molecule has 0 unspecified atom stereocenters. The summed E-state index contributed by atoms with van der Waals surface area (Å²) in [5.41, 5.74) is 2.87. The lowest BCUT2D eigenvalue weighted by molar-refractivity contribution is -0.125. The van der Waals surface area contributed by atoms with Crippen molar-refractivity contribution in [1.29, 1.82) is 0 Å². The van der Waals surface area contributed by atoms with Gasteiger partial charge in [0.15, 0.2) is 0 Å². The van der Waals surface area contributed by atoms with E-state index in [1.54, 1.807) is 0 Å². The van der Waals surface area contributed by atoms with Gasteiger partial charge in [0.25, 0.3) is 0 Å². The van der Waals surface area contributed by atoms with E-state index in [0.29, 0.717) is 10.6 Å². The zero-order chi connectivity index (χ0) is 14.5. The number of nitrogens with one attached hydrogen (secondary N) is 1. The molecule has 1 saturated carbocycles. The molecule has 1 amide bonds. The monoisotopic (exact) mass is 314 g/mol. The molecule has 1 aliphatic carbocycles. The molecule has 1 fully saturated rings. The predicted octanol–water partition coefficient (Wildman–Crippen LogP) is 3.73. The van der Waals surface area contributed by atoms with E-state index < -0.39 is 0 Å². The standard InChI is InChI=1S/C14H16Cl2N2O2/c15-11-6-10(13(19)12(16)7-11)8-17-18-14(20)9-4-2-1-3-5-9/h6-9,19H,1-5H2,(H,18,20)/b17-8+. The van der Waals surface area contributed by atoms with Crippen LogP contribution in [0.4, 0.5) is 0 Å². The van der Waals surface area contributed by atoms with Crippen molar-refractivity contribution >= 4 is 35.3 Å². The largest absolute Gasteiger partial charge is 0.506 e. The van der Waals surface area contributed by atoms with Crippen LogP contribution in [-0.4, -0.2) is 17.2 Å². The van der Waals surface area contributed by atoms with E-state index in [0.717, 1.165) is 25.7 Å². The van der Waals surface area contributed by atoms with E-state index in [2.05, 4.69) is 10.5 Å². The summed E-state index contributed by atoms with van der Waals surface area (Å²) in [5.74, 6) is -0.141. The maximum absolute atomic E-state index is 11.9. The number of halogens is 2. The Kier molecular flexibility index (Phi) is 5.26. The topological polar surface area (TPSA) is 61.7 Å². The van der Waals surface area contributed by atoms with Gasteiger partial charge in [-0.3, -0.25) is 4.79 Å². The summed E-state index contributed by atoms with van der Waals surface area (Å²) in [7, 11) is 0. The fourth-order valence-electron chi connectivity index (χ4n) is 2.31. The van der Waals surface area contributed by atoms with E-state index >= 15 is 0 Å². The zero-order valence-electron chi connectivity index (χ0n) is 10.9. The first-order chi connectivity index (χ1) is 9.58. The molecule has 1 aliphatic rings. The third-order valence-electron chi connectivity index (χ3n) is 3.41. The van der Waals surface area contributed by atoms with Crippen LogP contribution in [0.1, 0.15) is 37.7 Å². The van der Waals surface area contributed by atoms with E-state index in [4.69, 9.17) is 23.2 Å². The summed E-state index contributed by atoms with van der Waals surface area (Å²) in [6.07, 6.45) is 6.54. The molecular weight excluding hydrogens is 299 g/mol. The molecule has 0 atom stereocenters. The Morgan fingerprint density at radius 3 is 2.70 bits per heavy atom. The molecule has 1 aromatic carbocycles. The Hall–Kier alpha value is -1.26. The summed E-state index contributed by atoms with van der Waals surface area (Å²) in [6, 6.07) is 2.97. The van der Waals surface area contributed by atoms with Crippen LogP contribution in [0.2, 0.25) is 10.0 Å². The second-order valence-corrected chi connectivity index (χ2v) is 5.74. The van der Waals surface area contributed by atoms with E-state index in [9.17, 15) is 9.90 Å². The molecule has 0 heterocycles. The highest BCUT2D eigenvalue weighted by molar-refractivity contribution is 6.36. The van der Waals surface area contributed by atoms with Crippen LogP contribution in [0.3, 0.4) is 0 Å². The maximum Gasteiger partial charge on any atom is 0.243 e. The summed E-state index contributed by atoms with van der Waals surface area (Å²) >= 11 is 11.6. The Morgan fingerprint density at radius 1 is 1.30 bits per heavy atom. The number of phenolic OH excluding ortho intramolecular Hbond substituents is 1. The zero-order valence-corrected chi connectivity index (χ0v) is 12.4. The second-order valence-electron chi connectivity index (χ2n) is 4.89. The Labute approximate surface area is 127 Å². The van der Waals surface area contributed by atoms with Crippen molar-refractivity contribution < 1.29 is 9.90 Å². The molecule has 4 nitrogen and oxygen atoms in total. The SMILES string of the molecule is O=C(N/N=C/c1cc(Cl)cc(Cl)c1O)C1CCCCC1. The molecule has 108 valence electrons. The molecule has 2 rings (SSSR count). The van der Waals surface area contributed by atoms with Gasteiger partial charge in [0, 0.05) is 16.5 Å². The lowest BCUT2D eigenvalue weighted by atomic mass is 9.89. The number of hydrogen-bond acceptors (Lipinski definition) is 3. The molecule has 0 saturated heterocycles. The first-order valence-electron chi connectivity index (χ1n) is 6.59. The number of nitrogens with zero attached hydrogens (tertiary/aromatic N) is 1. The second kappa shape index (κ2) is 6.95. The molecule has 2 N–H and O–H groups in total. The van der Waals surface area contributed by atoms with Crippen LogP contribution in [0.5, 0.6) is 5.75 Å². The van der Waals surface area contributed by atoms with E-state index in [-0.39, 0.29) is 22.6 Å². The molecule has 0 aromatic heterocycles. The number of hydrogen-bond donors (Lipinski definition) is 2. The molecule has 1 aromatic rings. The Balaban J connectivity index is 1.98. The lowest BCUT2D eigenvalue weighted by Crippen LogP contribution is -2.28. The van der Waals surface area contributed by atoms with Gasteiger partial charge in [0.05, 0.1) is 11.2 Å². The van der Waals surface area contributed by atoms with Crippen LogP contribution in [-0.2, 0) is 4.79 Å². The van der Waals surface area contributed by atoms with Gasteiger partial charge in [-0.2, -0.15) is 5.10 Å². The molecular formula is C14H16Cl2N2O2. The highest BCUT2D eigenvalue weighted by Crippen LogP contribution is 2.30. The number of carbonyl (C=O) groups excluding carboxylic acids is 1. The molecule has 0 aliphatic heterocycles.